The third-order valence-corrected chi connectivity index (χ3v) is 1.73. The highest BCUT2D eigenvalue weighted by molar-refractivity contribution is 5.71. The number of anilines is 1. The molecule has 0 aliphatic heterocycles. The highest BCUT2D eigenvalue weighted by atomic mass is 19.1. The van der Waals surface area contributed by atoms with E-state index in [4.69, 9.17) is 0 Å². The standard InChI is InChI=1S/C9H9FN4/c10-3-4-12-8-2-1-7-9(14-8)13-6-5-11-7/h1-2,5-6H,3-4H2,(H,12,13,14). The summed E-state index contributed by atoms with van der Waals surface area (Å²) in [6, 6.07) is 3.56. The van der Waals surface area contributed by atoms with Gasteiger partial charge in [-0.1, -0.05) is 0 Å². The highest BCUT2D eigenvalue weighted by Crippen LogP contribution is 2.09. The predicted molar refractivity (Wildman–Crippen MR) is 51.8 cm³/mol. The zero-order valence-corrected chi connectivity index (χ0v) is 7.44. The number of fused-ring (bicyclic) bond motifs is 1. The topological polar surface area (TPSA) is 50.7 Å². The van der Waals surface area contributed by atoms with E-state index >= 15 is 0 Å². The van der Waals surface area contributed by atoms with Crippen LogP contribution >= 0.6 is 0 Å². The average Bonchev–Trinajstić information content (AvgIpc) is 2.26. The summed E-state index contributed by atoms with van der Waals surface area (Å²) >= 11 is 0. The monoisotopic (exact) mass is 192 g/mol. The fourth-order valence-electron chi connectivity index (χ4n) is 1.13. The van der Waals surface area contributed by atoms with Crippen LogP contribution in [0.2, 0.25) is 0 Å². The molecule has 1 N–H and O–H groups in total. The van der Waals surface area contributed by atoms with Gasteiger partial charge in [0.25, 0.3) is 0 Å². The van der Waals surface area contributed by atoms with E-state index in [1.165, 1.54) is 0 Å². The Morgan fingerprint density at radius 1 is 1.21 bits per heavy atom. The van der Waals surface area contributed by atoms with Crippen molar-refractivity contribution in [3.05, 3.63) is 24.5 Å². The minimum atomic E-state index is -0.416. The first-order valence-corrected chi connectivity index (χ1v) is 4.28. The van der Waals surface area contributed by atoms with Gasteiger partial charge in [0.15, 0.2) is 5.65 Å². The van der Waals surface area contributed by atoms with Crippen molar-refractivity contribution < 1.29 is 4.39 Å². The van der Waals surface area contributed by atoms with Crippen molar-refractivity contribution in [2.75, 3.05) is 18.5 Å². The van der Waals surface area contributed by atoms with Gasteiger partial charge in [-0.05, 0) is 12.1 Å². The molecule has 0 atom stereocenters. The van der Waals surface area contributed by atoms with Crippen molar-refractivity contribution in [2.45, 2.75) is 0 Å². The van der Waals surface area contributed by atoms with E-state index in [1.807, 2.05) is 0 Å². The SMILES string of the molecule is FCCNc1ccc2nccnc2n1. The molecule has 0 aliphatic rings. The first-order chi connectivity index (χ1) is 6.90. The third-order valence-electron chi connectivity index (χ3n) is 1.73. The van der Waals surface area contributed by atoms with Gasteiger partial charge in [-0.25, -0.2) is 14.4 Å². The highest BCUT2D eigenvalue weighted by Gasteiger charge is 1.98. The first kappa shape index (κ1) is 8.80. The van der Waals surface area contributed by atoms with Gasteiger partial charge in [-0.15, -0.1) is 0 Å². The molecular weight excluding hydrogens is 183 g/mol. The predicted octanol–water partition coefficient (Wildman–Crippen LogP) is 1.41. The van der Waals surface area contributed by atoms with Gasteiger partial charge in [0.1, 0.15) is 18.0 Å². The maximum absolute atomic E-state index is 11.9. The number of nitrogens with one attached hydrogen (secondary N) is 1. The van der Waals surface area contributed by atoms with E-state index in [0.717, 1.165) is 5.52 Å². The summed E-state index contributed by atoms with van der Waals surface area (Å²) in [4.78, 5) is 12.3. The van der Waals surface area contributed by atoms with E-state index < -0.39 is 6.67 Å². The molecule has 0 aliphatic carbocycles. The largest absolute Gasteiger partial charge is 0.367 e. The van der Waals surface area contributed by atoms with Gasteiger partial charge in [0.05, 0.1) is 0 Å². The Balaban J connectivity index is 2.32. The van der Waals surface area contributed by atoms with Crippen molar-refractivity contribution in [1.82, 2.24) is 15.0 Å². The molecule has 0 bridgehead atoms. The van der Waals surface area contributed by atoms with Crippen molar-refractivity contribution in [1.29, 1.82) is 0 Å². The molecule has 2 rings (SSSR count). The molecule has 2 aromatic heterocycles. The fourth-order valence-corrected chi connectivity index (χ4v) is 1.13. The smallest absolute Gasteiger partial charge is 0.180 e. The molecule has 0 fully saturated rings. The Hall–Kier alpha value is -1.78. The van der Waals surface area contributed by atoms with E-state index in [-0.39, 0.29) is 6.54 Å². The number of aromatic nitrogens is 3. The summed E-state index contributed by atoms with van der Waals surface area (Å²) in [5.74, 6) is 0.621. The number of rotatable bonds is 3. The van der Waals surface area contributed by atoms with Gasteiger partial charge in [0, 0.05) is 18.9 Å². The Kier molecular flexibility index (Phi) is 2.48. The van der Waals surface area contributed by atoms with E-state index in [9.17, 15) is 4.39 Å². The summed E-state index contributed by atoms with van der Waals surface area (Å²) in [5.41, 5.74) is 1.30. The van der Waals surface area contributed by atoms with Gasteiger partial charge < -0.3 is 5.32 Å². The van der Waals surface area contributed by atoms with Crippen LogP contribution < -0.4 is 5.32 Å². The molecule has 0 spiro atoms. The molecule has 0 radical (unpaired) electrons. The van der Waals surface area contributed by atoms with Crippen LogP contribution in [0.5, 0.6) is 0 Å². The molecule has 0 saturated heterocycles. The van der Waals surface area contributed by atoms with Gasteiger partial charge in [-0.2, -0.15) is 0 Å². The minimum Gasteiger partial charge on any atom is -0.367 e. The van der Waals surface area contributed by atoms with Gasteiger partial charge in [0.2, 0.25) is 0 Å². The number of hydrogen-bond donors (Lipinski definition) is 1. The van der Waals surface area contributed by atoms with Crippen LogP contribution in [-0.2, 0) is 0 Å². The van der Waals surface area contributed by atoms with Crippen molar-refractivity contribution in [2.24, 2.45) is 0 Å². The van der Waals surface area contributed by atoms with E-state index in [2.05, 4.69) is 20.3 Å². The second-order valence-corrected chi connectivity index (χ2v) is 2.71. The minimum absolute atomic E-state index is 0.263. The lowest BCUT2D eigenvalue weighted by molar-refractivity contribution is 0.512. The van der Waals surface area contributed by atoms with Crippen LogP contribution in [-0.4, -0.2) is 28.2 Å². The molecule has 4 nitrogen and oxygen atoms in total. The van der Waals surface area contributed by atoms with Crippen molar-refractivity contribution in [3.8, 4) is 0 Å². The third kappa shape index (κ3) is 1.76. The Labute approximate surface area is 80.2 Å². The molecule has 2 aromatic rings. The summed E-state index contributed by atoms with van der Waals surface area (Å²) in [6.07, 6.45) is 3.19. The number of halogens is 1. The maximum atomic E-state index is 11.9. The normalized spacial score (nSPS) is 10.4. The van der Waals surface area contributed by atoms with Crippen molar-refractivity contribution in [3.63, 3.8) is 0 Å². The first-order valence-electron chi connectivity index (χ1n) is 4.28. The lowest BCUT2D eigenvalue weighted by atomic mass is 10.4. The van der Waals surface area contributed by atoms with Crippen LogP contribution in [0.15, 0.2) is 24.5 Å². The second kappa shape index (κ2) is 3.95. The molecule has 5 heteroatoms. The molecule has 72 valence electrons. The molecule has 0 saturated carbocycles. The van der Waals surface area contributed by atoms with Crippen LogP contribution in [0, 0.1) is 0 Å². The second-order valence-electron chi connectivity index (χ2n) is 2.71. The number of nitrogens with zero attached hydrogens (tertiary/aromatic N) is 3. The summed E-state index contributed by atoms with van der Waals surface area (Å²) in [7, 11) is 0. The van der Waals surface area contributed by atoms with Crippen LogP contribution in [0.4, 0.5) is 10.2 Å². The molecule has 14 heavy (non-hydrogen) atoms. The molecule has 2 heterocycles. The molecular formula is C9H9FN4. The van der Waals surface area contributed by atoms with Crippen LogP contribution in [0.3, 0.4) is 0 Å². The molecule has 0 aromatic carbocycles. The Morgan fingerprint density at radius 2 is 2.07 bits per heavy atom. The maximum Gasteiger partial charge on any atom is 0.180 e. The number of hydrogen-bond acceptors (Lipinski definition) is 4. The van der Waals surface area contributed by atoms with Crippen molar-refractivity contribution >= 4 is 17.0 Å². The summed E-state index contributed by atoms with van der Waals surface area (Å²) < 4.78 is 11.9. The lowest BCUT2D eigenvalue weighted by Gasteiger charge is -2.02. The molecule has 0 unspecified atom stereocenters. The molecule has 0 amide bonds. The number of pyridine rings is 1. The van der Waals surface area contributed by atoms with Gasteiger partial charge >= 0.3 is 0 Å². The summed E-state index contributed by atoms with van der Waals surface area (Å²) in [5, 5.41) is 2.83. The van der Waals surface area contributed by atoms with Crippen LogP contribution in [0.25, 0.3) is 11.2 Å². The van der Waals surface area contributed by atoms with Gasteiger partial charge in [-0.3, -0.25) is 4.98 Å². The Bertz CT molecular complexity index is 432. The zero-order chi connectivity index (χ0) is 9.80. The van der Waals surface area contributed by atoms with E-state index in [0.29, 0.717) is 11.5 Å². The lowest BCUT2D eigenvalue weighted by Crippen LogP contribution is -2.04. The zero-order valence-electron chi connectivity index (χ0n) is 7.44. The quantitative estimate of drug-likeness (QED) is 0.798. The Morgan fingerprint density at radius 3 is 2.93 bits per heavy atom. The van der Waals surface area contributed by atoms with Crippen LogP contribution in [0.1, 0.15) is 0 Å². The summed E-state index contributed by atoms with van der Waals surface area (Å²) in [6.45, 7) is -0.154. The number of alkyl halides is 1. The van der Waals surface area contributed by atoms with E-state index in [1.54, 1.807) is 24.5 Å². The fraction of sp³-hybridized carbons (Fsp3) is 0.222. The average molecular weight is 192 g/mol.